The van der Waals surface area contributed by atoms with Gasteiger partial charge in [-0.1, -0.05) is 59.2 Å². The molecular weight excluding hydrogens is 470 g/mol. The molecule has 2 aromatic carbocycles. The number of anilines is 2. The SMILES string of the molecule is O=C(Nc1cc(Cl)cc(Cl)c1)N[C@H]1CCCC[C@H]1NC(=O)Nc1cc(Cl)cc(Cl)c1. The summed E-state index contributed by atoms with van der Waals surface area (Å²) in [6.45, 7) is 0. The molecule has 0 bridgehead atoms. The Kier molecular flexibility index (Phi) is 7.94. The lowest BCUT2D eigenvalue weighted by atomic mass is 9.90. The zero-order valence-corrected chi connectivity index (χ0v) is 18.8. The van der Waals surface area contributed by atoms with Crippen molar-refractivity contribution < 1.29 is 9.59 Å². The predicted octanol–water partition coefficient (Wildman–Crippen LogP) is 6.55. The molecule has 160 valence electrons. The largest absolute Gasteiger partial charge is 0.333 e. The van der Waals surface area contributed by atoms with Crippen molar-refractivity contribution in [2.24, 2.45) is 0 Å². The number of carbonyl (C=O) groups is 2. The Balaban J connectivity index is 1.58. The molecule has 1 fully saturated rings. The molecule has 2 atom stereocenters. The van der Waals surface area contributed by atoms with E-state index in [9.17, 15) is 9.59 Å². The minimum absolute atomic E-state index is 0.220. The highest BCUT2D eigenvalue weighted by Crippen LogP contribution is 2.24. The number of rotatable bonds is 4. The van der Waals surface area contributed by atoms with Gasteiger partial charge in [-0.3, -0.25) is 0 Å². The molecule has 0 spiro atoms. The monoisotopic (exact) mass is 488 g/mol. The van der Waals surface area contributed by atoms with Gasteiger partial charge in [0.15, 0.2) is 0 Å². The molecule has 6 nitrogen and oxygen atoms in total. The summed E-state index contributed by atoms with van der Waals surface area (Å²) in [7, 11) is 0. The van der Waals surface area contributed by atoms with Crippen molar-refractivity contribution in [1.29, 1.82) is 0 Å². The van der Waals surface area contributed by atoms with Gasteiger partial charge in [0.25, 0.3) is 0 Å². The number of amides is 4. The van der Waals surface area contributed by atoms with Crippen LogP contribution in [-0.2, 0) is 0 Å². The Bertz CT molecular complexity index is 825. The fourth-order valence-electron chi connectivity index (χ4n) is 3.40. The molecule has 4 N–H and O–H groups in total. The summed E-state index contributed by atoms with van der Waals surface area (Å²) >= 11 is 23.9. The van der Waals surface area contributed by atoms with E-state index in [1.165, 1.54) is 0 Å². The smallest absolute Gasteiger partial charge is 0.319 e. The Morgan fingerprint density at radius 2 is 0.967 bits per heavy atom. The van der Waals surface area contributed by atoms with Crippen LogP contribution in [0.25, 0.3) is 0 Å². The Morgan fingerprint density at radius 3 is 1.30 bits per heavy atom. The number of hydrogen-bond donors (Lipinski definition) is 4. The van der Waals surface area contributed by atoms with E-state index < -0.39 is 12.1 Å². The fourth-order valence-corrected chi connectivity index (χ4v) is 4.45. The van der Waals surface area contributed by atoms with Gasteiger partial charge in [0.2, 0.25) is 0 Å². The molecule has 1 aliphatic carbocycles. The van der Waals surface area contributed by atoms with Crippen molar-refractivity contribution in [2.45, 2.75) is 37.8 Å². The molecule has 2 aromatic rings. The van der Waals surface area contributed by atoms with Gasteiger partial charge in [0.1, 0.15) is 0 Å². The van der Waals surface area contributed by atoms with E-state index in [0.717, 1.165) is 25.7 Å². The third-order valence-corrected chi connectivity index (χ3v) is 5.51. The van der Waals surface area contributed by atoms with Crippen LogP contribution in [-0.4, -0.2) is 24.1 Å². The highest BCUT2D eigenvalue weighted by atomic mass is 35.5. The van der Waals surface area contributed by atoms with Crippen molar-refractivity contribution in [1.82, 2.24) is 10.6 Å². The summed E-state index contributed by atoms with van der Waals surface area (Å²) in [4.78, 5) is 24.9. The van der Waals surface area contributed by atoms with Gasteiger partial charge in [-0.05, 0) is 49.2 Å². The number of halogens is 4. The molecule has 0 radical (unpaired) electrons. The van der Waals surface area contributed by atoms with E-state index in [1.807, 2.05) is 0 Å². The maximum absolute atomic E-state index is 12.4. The Hall–Kier alpha value is -1.86. The second-order valence-corrected chi connectivity index (χ2v) is 8.76. The molecule has 0 saturated heterocycles. The number of carbonyl (C=O) groups excluding carboxylic acids is 2. The molecular formula is C20H20Cl4N4O2. The van der Waals surface area contributed by atoms with Gasteiger partial charge >= 0.3 is 12.1 Å². The number of benzene rings is 2. The lowest BCUT2D eigenvalue weighted by Crippen LogP contribution is -2.54. The summed E-state index contributed by atoms with van der Waals surface area (Å²) in [5, 5.41) is 13.0. The Morgan fingerprint density at radius 1 is 0.633 bits per heavy atom. The van der Waals surface area contributed by atoms with Crippen molar-refractivity contribution >= 4 is 69.8 Å². The minimum Gasteiger partial charge on any atom is -0.333 e. The average Bonchev–Trinajstić information content (AvgIpc) is 2.61. The predicted molar refractivity (Wildman–Crippen MR) is 123 cm³/mol. The first-order valence-corrected chi connectivity index (χ1v) is 10.9. The third-order valence-electron chi connectivity index (χ3n) is 4.64. The molecule has 0 aromatic heterocycles. The second kappa shape index (κ2) is 10.4. The van der Waals surface area contributed by atoms with E-state index in [0.29, 0.717) is 31.5 Å². The number of urea groups is 2. The van der Waals surface area contributed by atoms with Crippen molar-refractivity contribution in [3.8, 4) is 0 Å². The standard InChI is InChI=1S/C20H20Cl4N4O2/c21-11-5-12(22)8-15(7-11)25-19(29)27-17-3-1-2-4-18(17)28-20(30)26-16-9-13(23)6-14(24)10-16/h5-10,17-18H,1-4H2,(H2,25,27,29)(H2,26,28,30)/t17-,18+. The van der Waals surface area contributed by atoms with Crippen LogP contribution in [0, 0.1) is 0 Å². The zero-order valence-electron chi connectivity index (χ0n) is 15.8. The highest BCUT2D eigenvalue weighted by molar-refractivity contribution is 6.35. The van der Waals surface area contributed by atoms with Gasteiger partial charge < -0.3 is 21.3 Å². The average molecular weight is 490 g/mol. The molecule has 0 aliphatic heterocycles. The molecule has 10 heteroatoms. The second-order valence-electron chi connectivity index (χ2n) is 7.01. The first kappa shape index (κ1) is 22.8. The van der Waals surface area contributed by atoms with Gasteiger partial charge in [0, 0.05) is 31.5 Å². The van der Waals surface area contributed by atoms with Crippen LogP contribution in [0.2, 0.25) is 20.1 Å². The third kappa shape index (κ3) is 6.84. The minimum atomic E-state index is -0.394. The van der Waals surface area contributed by atoms with E-state index in [-0.39, 0.29) is 12.1 Å². The molecule has 1 saturated carbocycles. The zero-order chi connectivity index (χ0) is 21.7. The van der Waals surface area contributed by atoms with Crippen molar-refractivity contribution in [2.75, 3.05) is 10.6 Å². The van der Waals surface area contributed by atoms with E-state index in [2.05, 4.69) is 21.3 Å². The van der Waals surface area contributed by atoms with Crippen molar-refractivity contribution in [3.63, 3.8) is 0 Å². The van der Waals surface area contributed by atoms with Crippen LogP contribution in [0.1, 0.15) is 25.7 Å². The van der Waals surface area contributed by atoms with Crippen LogP contribution in [0.15, 0.2) is 36.4 Å². The van der Waals surface area contributed by atoms with Gasteiger partial charge in [-0.25, -0.2) is 9.59 Å². The lowest BCUT2D eigenvalue weighted by molar-refractivity contribution is 0.225. The maximum atomic E-state index is 12.4. The molecule has 3 rings (SSSR count). The summed E-state index contributed by atoms with van der Waals surface area (Å²) in [6, 6.07) is 8.35. The summed E-state index contributed by atoms with van der Waals surface area (Å²) in [6.07, 6.45) is 3.41. The normalized spacial score (nSPS) is 18.4. The fraction of sp³-hybridized carbons (Fsp3) is 0.300. The van der Waals surface area contributed by atoms with E-state index >= 15 is 0 Å². The first-order valence-electron chi connectivity index (χ1n) is 9.36. The van der Waals surface area contributed by atoms with E-state index in [1.54, 1.807) is 36.4 Å². The van der Waals surface area contributed by atoms with Crippen LogP contribution in [0.3, 0.4) is 0 Å². The topological polar surface area (TPSA) is 82.3 Å². The lowest BCUT2D eigenvalue weighted by Gasteiger charge is -2.32. The molecule has 1 aliphatic rings. The summed E-state index contributed by atoms with van der Waals surface area (Å²) in [5.41, 5.74) is 0.974. The Labute approximate surface area is 194 Å². The first-order chi connectivity index (χ1) is 14.3. The van der Waals surface area contributed by atoms with Crippen LogP contribution in [0.5, 0.6) is 0 Å². The van der Waals surface area contributed by atoms with Gasteiger partial charge in [0.05, 0.1) is 12.1 Å². The van der Waals surface area contributed by atoms with Gasteiger partial charge in [-0.15, -0.1) is 0 Å². The number of hydrogen-bond acceptors (Lipinski definition) is 2. The number of nitrogens with one attached hydrogen (secondary N) is 4. The van der Waals surface area contributed by atoms with Crippen LogP contribution in [0.4, 0.5) is 21.0 Å². The van der Waals surface area contributed by atoms with Crippen LogP contribution >= 0.6 is 46.4 Å². The van der Waals surface area contributed by atoms with Crippen molar-refractivity contribution in [3.05, 3.63) is 56.5 Å². The summed E-state index contributed by atoms with van der Waals surface area (Å²) < 4.78 is 0. The maximum Gasteiger partial charge on any atom is 0.319 e. The molecule has 30 heavy (non-hydrogen) atoms. The van der Waals surface area contributed by atoms with Gasteiger partial charge in [-0.2, -0.15) is 0 Å². The highest BCUT2D eigenvalue weighted by Gasteiger charge is 2.28. The van der Waals surface area contributed by atoms with E-state index in [4.69, 9.17) is 46.4 Å². The summed E-state index contributed by atoms with van der Waals surface area (Å²) in [5.74, 6) is 0. The molecule has 0 heterocycles. The quantitative estimate of drug-likeness (QED) is 0.392. The van der Waals surface area contributed by atoms with Crippen LogP contribution < -0.4 is 21.3 Å². The molecule has 4 amide bonds. The molecule has 0 unspecified atom stereocenters.